The van der Waals surface area contributed by atoms with Crippen LogP contribution in [0.5, 0.6) is 0 Å². The van der Waals surface area contributed by atoms with Crippen LogP contribution in [-0.2, 0) is 35.0 Å². The molecule has 63 heteroatoms. The maximum absolute atomic E-state index is 11.9. The standard InChI is InChI=1S/C13H15N3O6.C11H12N2O2.C10H10N2O6.2C8H6N2O6.2C8H8O2.C2H6O.2CH4.2ClH.2HNO3.2H2O4S.Sn/c1-4-22-13(17)11-7-9(15(18)19)8-12(16(20)21)10(11)5-6-14(2)3;1-2-15-11(14)9-5-7(12)6-10-8(9)3-4-13-10;1-3-18-10(13)8-4-7(11(14)15)5-9(6(8)2)12(16)17;2*1-4-6(8(11)12)2-5(9(13)14)3-7(4)10(15)16;2*1-6-4-2-3-5-7(6)8(9)10;1-2-3;;;;;2*2-1(3)4;2*1-5(2,3)4;/h5-8H,4H2,1-3H3;3-6,13H,2,12H2,1H3;4-5H,3H2,1-2H3;2*2-3H,1H3,(H,11,12);2*2-5H,1H3,(H,9,10);3H,2H2,1H3;2*1H4;2*1H;2*(H,2,3,4);2*(H2,1,2,3,4);/q;;;;;;;;;;;;;;;;+2/p-2/b6-5+;;;;;;;;;;;;;;;;. The van der Waals surface area contributed by atoms with E-state index in [0.29, 0.717) is 29.0 Å². The molecule has 0 saturated heterocycles. The van der Waals surface area contributed by atoms with E-state index in [1.54, 1.807) is 115 Å². The van der Waals surface area contributed by atoms with E-state index in [2.05, 4.69) is 4.98 Å². The van der Waals surface area contributed by atoms with Crippen LogP contribution in [0.1, 0.15) is 148 Å². The predicted octanol–water partition coefficient (Wildman–Crippen LogP) is 12.8. The Bertz CT molecular complexity index is 5400. The number of aromatic carboxylic acids is 4. The number of nitro groups is 8. The van der Waals surface area contributed by atoms with Crippen molar-refractivity contribution in [2.75, 3.05) is 46.3 Å². The van der Waals surface area contributed by atoms with E-state index in [0.717, 1.165) is 70.6 Å². The number of carboxylic acid groups (broad SMARTS) is 4. The SMILES string of the molecule is C.C.CCO.CCOC(=O)c1cc(N)cc2[nH]ccc12.CCOC(=O)c1cc([N+](=O)[O-])cc([N+](=O)[O-])c1/C=C/N(C)C.CCOC(=O)c1cc([N+](=O)[O-])cc([N+](=O)[O-])c1C.Cc1c(C(=O)O)cc([N+](=O)[O-])cc1[N+](=O)[O-].Cc1c(C(=O)O)cc([N+](=O)[O-])cc1[N+](=O)[O-].Cc1ccccc1C(=O)O.Cc1ccccc1C(=O)O.O=S(=O)(O)O.O=S(=O)(O)O.O=[N+]([O-])O.O=[N+]([O-])O.[Cl][Sn][Cl]. The van der Waals surface area contributed by atoms with Gasteiger partial charge in [0.2, 0.25) is 0 Å². The number of nitrogens with two attached hydrogens (primary N) is 1. The number of nitro benzene ring substituents is 8. The maximum atomic E-state index is 11.9. The Balaban J connectivity index is -0.000000269. The summed E-state index contributed by atoms with van der Waals surface area (Å²) in [5, 5.41) is 156. The number of nitrogens with zero attached hydrogens (tertiary/aromatic N) is 11. The summed E-state index contributed by atoms with van der Waals surface area (Å²) in [6.45, 7) is 14.7. The number of nitrogen functional groups attached to an aromatic ring is 1. The molecule has 8 aromatic rings. The number of hydrogen-bond acceptors (Lipinski definition) is 37. The molecular weight excluding hydrogens is 2000 g/mol. The van der Waals surface area contributed by atoms with Crippen molar-refractivity contribution in [3.05, 3.63) is 301 Å². The summed E-state index contributed by atoms with van der Waals surface area (Å²) in [5.74, 6) is -6.62. The molecule has 0 saturated carbocycles. The third kappa shape index (κ3) is 55.0. The van der Waals surface area contributed by atoms with Gasteiger partial charge in [0.15, 0.2) is 0 Å². The minimum atomic E-state index is -4.67. The molecule has 58 nitrogen and oxygen atoms in total. The van der Waals surface area contributed by atoms with E-state index >= 15 is 0 Å². The topological polar surface area (TPSA) is 914 Å². The molecule has 8 rings (SSSR count). The molecule has 133 heavy (non-hydrogen) atoms. The van der Waals surface area contributed by atoms with E-state index in [1.807, 2.05) is 18.2 Å². The zero-order valence-corrected chi connectivity index (χ0v) is 74.9. The van der Waals surface area contributed by atoms with Crippen molar-refractivity contribution in [3.63, 3.8) is 0 Å². The monoisotopic (exact) mass is 2080 g/mol. The molecule has 0 bridgehead atoms. The molecule has 0 aliphatic carbocycles. The van der Waals surface area contributed by atoms with Gasteiger partial charge in [-0.05, 0) is 116 Å². The van der Waals surface area contributed by atoms with Crippen molar-refractivity contribution in [2.45, 2.75) is 77.2 Å². The van der Waals surface area contributed by atoms with Gasteiger partial charge in [-0.2, -0.15) is 16.8 Å². The number of aryl methyl sites for hydroxylation is 2. The molecule has 1 aromatic heterocycles. The zero-order valence-electron chi connectivity index (χ0n) is 68.9. The number of aliphatic hydroxyl groups is 1. The number of halogens is 2. The molecule has 2 radical (unpaired) electrons. The number of esters is 3. The second-order valence-electron chi connectivity index (χ2n) is 23.0. The molecule has 1 heterocycles. The molecule has 0 atom stereocenters. The number of aromatic nitrogens is 1. The van der Waals surface area contributed by atoms with Crippen LogP contribution in [0.2, 0.25) is 0 Å². The van der Waals surface area contributed by atoms with E-state index in [4.69, 9.17) is 129 Å². The molecule has 0 aliphatic heterocycles. The molecule has 0 amide bonds. The second kappa shape index (κ2) is 65.9. The first-order valence-corrected chi connectivity index (χ1v) is 44.0. The third-order valence-electron chi connectivity index (χ3n) is 13.8. The predicted molar refractivity (Wildman–Crippen MR) is 466 cm³/mol. The van der Waals surface area contributed by atoms with Crippen LogP contribution in [0.3, 0.4) is 0 Å². The van der Waals surface area contributed by atoms with Crippen LogP contribution in [0.25, 0.3) is 17.0 Å². The van der Waals surface area contributed by atoms with Crippen LogP contribution in [0.4, 0.5) is 51.2 Å². The Morgan fingerprint density at radius 1 is 0.429 bits per heavy atom. The van der Waals surface area contributed by atoms with Crippen molar-refractivity contribution < 1.29 is 168 Å². The number of ether oxygens (including phenoxy) is 3. The number of nitrogens with one attached hydrogen (secondary N) is 1. The van der Waals surface area contributed by atoms with Crippen LogP contribution in [0, 0.1) is 136 Å². The summed E-state index contributed by atoms with van der Waals surface area (Å²) in [6, 6.07) is 25.7. The third-order valence-corrected chi connectivity index (χ3v) is 13.8. The van der Waals surface area contributed by atoms with Crippen LogP contribution < -0.4 is 5.73 Å². The number of carbonyl (C=O) groups excluding carboxylic acids is 3. The Labute approximate surface area is 766 Å². The molecule has 0 fully saturated rings. The molecule has 0 spiro atoms. The van der Waals surface area contributed by atoms with E-state index in [1.165, 1.54) is 33.0 Å². The molecule has 0 aliphatic rings. The van der Waals surface area contributed by atoms with Crippen LogP contribution in [0.15, 0.2) is 128 Å². The first-order valence-electron chi connectivity index (χ1n) is 34.0. The fourth-order valence-corrected chi connectivity index (χ4v) is 8.65. The Morgan fingerprint density at radius 3 is 0.925 bits per heavy atom. The van der Waals surface area contributed by atoms with Gasteiger partial charge in [0.1, 0.15) is 0 Å². The Kier molecular flexibility index (Phi) is 64.6. The Hall–Kier alpha value is -15.6. The first kappa shape index (κ1) is 130. The second-order valence-corrected chi connectivity index (χ2v) is 29.0. The van der Waals surface area contributed by atoms with Crippen LogP contribution >= 0.6 is 17.8 Å². The van der Waals surface area contributed by atoms with Crippen molar-refractivity contribution in [2.24, 2.45) is 0 Å². The average molecular weight is 2080 g/mol. The summed E-state index contributed by atoms with van der Waals surface area (Å²) in [4.78, 5) is 178. The number of aliphatic hydroxyl groups excluding tert-OH is 1. The van der Waals surface area contributed by atoms with Gasteiger partial charge in [-0.25, -0.2) is 33.6 Å². The van der Waals surface area contributed by atoms with E-state index < -0.39 is 182 Å². The number of benzene rings is 7. The fourth-order valence-electron chi connectivity index (χ4n) is 8.65. The number of carboxylic acids is 4. The van der Waals surface area contributed by atoms with E-state index in [9.17, 15) is 114 Å². The number of anilines is 1. The summed E-state index contributed by atoms with van der Waals surface area (Å²) in [5.41, 5.74) is 4.00. The van der Waals surface area contributed by atoms with Crippen molar-refractivity contribution >= 4 is 167 Å². The number of H-pyrrole nitrogens is 1. The number of hydrogen-bond donors (Lipinski definition) is 13. The zero-order chi connectivity index (χ0) is 103. The number of rotatable bonds is 20. The number of fused-ring (bicyclic) bond motifs is 1. The molecule has 7 aromatic carbocycles. The number of aromatic amines is 1. The Morgan fingerprint density at radius 2 is 0.677 bits per heavy atom. The van der Waals surface area contributed by atoms with Gasteiger partial charge >= 0.3 is 99.3 Å². The number of non-ortho nitro benzene ring substituents is 4. The molecule has 730 valence electrons. The first-order chi connectivity index (χ1) is 60.3. The summed E-state index contributed by atoms with van der Waals surface area (Å²) in [7, 11) is 3.92. The number of carbonyl (C=O) groups is 7. The minimum absolute atomic E-state index is 0. The molecule has 0 unspecified atom stereocenters. The average Bonchev–Trinajstić information content (AvgIpc) is 1.07. The quantitative estimate of drug-likeness (QED) is 0.00641. The van der Waals surface area contributed by atoms with Gasteiger partial charge in [-0.15, -0.1) is 20.2 Å². The van der Waals surface area contributed by atoms with Gasteiger partial charge in [0, 0.05) is 84.4 Å². The summed E-state index contributed by atoms with van der Waals surface area (Å²) < 4.78 is 77.6. The van der Waals surface area contributed by atoms with Crippen molar-refractivity contribution in [3.8, 4) is 0 Å². The van der Waals surface area contributed by atoms with Gasteiger partial charge in [0.05, 0.1) is 128 Å². The molecular formula is C70H85Cl2N13O45S2Sn. The molecule has 14 N–H and O–H groups in total. The van der Waals surface area contributed by atoms with Gasteiger partial charge < -0.3 is 65.8 Å². The summed E-state index contributed by atoms with van der Waals surface area (Å²) >= 11 is -0.826. The summed E-state index contributed by atoms with van der Waals surface area (Å²) in [6.07, 6.45) is 4.61. The van der Waals surface area contributed by atoms with Gasteiger partial charge in [-0.3, -0.25) is 99.1 Å². The van der Waals surface area contributed by atoms with Crippen molar-refractivity contribution in [1.82, 2.24) is 9.88 Å². The van der Waals surface area contributed by atoms with Crippen LogP contribution in [-0.4, -0.2) is 232 Å². The van der Waals surface area contributed by atoms with Gasteiger partial charge in [-0.1, -0.05) is 51.3 Å². The van der Waals surface area contributed by atoms with Gasteiger partial charge in [0.25, 0.3) is 55.7 Å². The van der Waals surface area contributed by atoms with Crippen molar-refractivity contribution in [1.29, 1.82) is 0 Å². The fraction of sp³-hybridized carbons (Fsp3) is 0.243. The normalized spacial score (nSPS) is 9.52. The van der Waals surface area contributed by atoms with E-state index in [-0.39, 0.29) is 74.0 Å².